The maximum Gasteiger partial charge on any atom is 0.257 e. The summed E-state index contributed by atoms with van der Waals surface area (Å²) >= 11 is 1.62. The Labute approximate surface area is 123 Å². The Kier molecular flexibility index (Phi) is 3.83. The van der Waals surface area contributed by atoms with E-state index in [1.807, 2.05) is 24.3 Å². The van der Waals surface area contributed by atoms with E-state index in [4.69, 9.17) is 0 Å². The van der Waals surface area contributed by atoms with E-state index in [0.29, 0.717) is 5.56 Å². The molecule has 4 heteroatoms. The third-order valence-electron chi connectivity index (χ3n) is 3.69. The van der Waals surface area contributed by atoms with Crippen LogP contribution in [0.1, 0.15) is 46.3 Å². The highest BCUT2D eigenvalue weighted by atomic mass is 32.1. The number of thiazole rings is 1. The first kappa shape index (κ1) is 13.3. The fourth-order valence-corrected chi connectivity index (χ4v) is 3.51. The van der Waals surface area contributed by atoms with Gasteiger partial charge in [0.05, 0.1) is 5.69 Å². The number of hydrogen-bond donors (Lipinski definition) is 1. The van der Waals surface area contributed by atoms with Gasteiger partial charge in [0.15, 0.2) is 5.13 Å². The van der Waals surface area contributed by atoms with E-state index >= 15 is 0 Å². The molecule has 0 atom stereocenters. The Morgan fingerprint density at radius 1 is 1.25 bits per heavy atom. The molecule has 0 bridgehead atoms. The van der Waals surface area contributed by atoms with Crippen molar-refractivity contribution in [2.75, 3.05) is 5.32 Å². The maximum absolute atomic E-state index is 12.2. The predicted molar refractivity (Wildman–Crippen MR) is 82.5 cm³/mol. The zero-order valence-corrected chi connectivity index (χ0v) is 12.4. The van der Waals surface area contributed by atoms with Gasteiger partial charge in [-0.3, -0.25) is 10.1 Å². The third kappa shape index (κ3) is 2.75. The largest absolute Gasteiger partial charge is 0.298 e. The van der Waals surface area contributed by atoms with Crippen molar-refractivity contribution in [1.29, 1.82) is 0 Å². The summed E-state index contributed by atoms with van der Waals surface area (Å²) in [5.41, 5.74) is 3.11. The van der Waals surface area contributed by atoms with Crippen molar-refractivity contribution >= 4 is 22.4 Å². The molecular weight excluding hydrogens is 268 g/mol. The summed E-state index contributed by atoms with van der Waals surface area (Å²) in [4.78, 5) is 18.1. The van der Waals surface area contributed by atoms with E-state index in [-0.39, 0.29) is 5.91 Å². The summed E-state index contributed by atoms with van der Waals surface area (Å²) in [5, 5.41) is 3.66. The molecule has 1 N–H and O–H groups in total. The summed E-state index contributed by atoms with van der Waals surface area (Å²) in [5.74, 6) is -0.0706. The Bertz CT molecular complexity index is 592. The van der Waals surface area contributed by atoms with Crippen molar-refractivity contribution in [2.24, 2.45) is 0 Å². The third-order valence-corrected chi connectivity index (χ3v) is 4.76. The van der Waals surface area contributed by atoms with E-state index in [2.05, 4.69) is 17.2 Å². The van der Waals surface area contributed by atoms with Gasteiger partial charge >= 0.3 is 0 Å². The van der Waals surface area contributed by atoms with Crippen molar-refractivity contribution in [2.45, 2.75) is 39.0 Å². The SMILES string of the molecule is CCc1ccc(C(=O)Nc2nc3c(s2)CCCC3)cc1. The summed E-state index contributed by atoms with van der Waals surface area (Å²) in [6, 6.07) is 7.76. The fourth-order valence-electron chi connectivity index (χ4n) is 2.47. The second-order valence-electron chi connectivity index (χ2n) is 5.10. The van der Waals surface area contributed by atoms with E-state index < -0.39 is 0 Å². The molecule has 0 radical (unpaired) electrons. The lowest BCUT2D eigenvalue weighted by atomic mass is 10.0. The van der Waals surface area contributed by atoms with Gasteiger partial charge in [-0.05, 0) is 49.8 Å². The first-order valence-corrected chi connectivity index (χ1v) is 7.97. The maximum atomic E-state index is 12.2. The summed E-state index contributed by atoms with van der Waals surface area (Å²) in [6.45, 7) is 2.11. The Morgan fingerprint density at radius 3 is 2.70 bits per heavy atom. The van der Waals surface area contributed by atoms with Gasteiger partial charge in [-0.1, -0.05) is 19.1 Å². The second-order valence-corrected chi connectivity index (χ2v) is 6.18. The van der Waals surface area contributed by atoms with Gasteiger partial charge < -0.3 is 0 Å². The summed E-state index contributed by atoms with van der Waals surface area (Å²) in [7, 11) is 0. The van der Waals surface area contributed by atoms with E-state index in [1.54, 1.807) is 11.3 Å². The quantitative estimate of drug-likeness (QED) is 0.931. The predicted octanol–water partition coefficient (Wildman–Crippen LogP) is 3.84. The monoisotopic (exact) mass is 286 g/mol. The zero-order valence-electron chi connectivity index (χ0n) is 11.6. The number of rotatable bonds is 3. The van der Waals surface area contributed by atoms with Crippen molar-refractivity contribution in [3.05, 3.63) is 46.0 Å². The van der Waals surface area contributed by atoms with Crippen molar-refractivity contribution < 1.29 is 4.79 Å². The van der Waals surface area contributed by atoms with Gasteiger partial charge in [-0.25, -0.2) is 4.98 Å². The average molecular weight is 286 g/mol. The number of benzene rings is 1. The number of nitrogens with one attached hydrogen (secondary N) is 1. The number of hydrogen-bond acceptors (Lipinski definition) is 3. The minimum atomic E-state index is -0.0706. The number of amides is 1. The lowest BCUT2D eigenvalue weighted by Crippen LogP contribution is -2.11. The van der Waals surface area contributed by atoms with Crippen molar-refractivity contribution in [3.8, 4) is 0 Å². The number of anilines is 1. The van der Waals surface area contributed by atoms with Crippen LogP contribution in [0.2, 0.25) is 0 Å². The molecule has 1 aliphatic rings. The van der Waals surface area contributed by atoms with Gasteiger partial charge in [-0.15, -0.1) is 11.3 Å². The molecule has 0 aliphatic heterocycles. The van der Waals surface area contributed by atoms with Crippen molar-refractivity contribution in [3.63, 3.8) is 0 Å². The van der Waals surface area contributed by atoms with Crippen LogP contribution < -0.4 is 5.32 Å². The number of aromatic nitrogens is 1. The van der Waals surface area contributed by atoms with Crippen LogP contribution >= 0.6 is 11.3 Å². The van der Waals surface area contributed by atoms with Crippen molar-refractivity contribution in [1.82, 2.24) is 4.98 Å². The highest BCUT2D eigenvalue weighted by molar-refractivity contribution is 7.15. The molecule has 1 aromatic carbocycles. The normalized spacial score (nSPS) is 13.8. The Balaban J connectivity index is 1.73. The molecule has 1 aliphatic carbocycles. The molecule has 104 valence electrons. The molecule has 1 heterocycles. The van der Waals surface area contributed by atoms with Crippen LogP contribution in [0.5, 0.6) is 0 Å². The van der Waals surface area contributed by atoms with Crippen LogP contribution in [0.15, 0.2) is 24.3 Å². The van der Waals surface area contributed by atoms with E-state index in [9.17, 15) is 4.79 Å². The molecule has 0 saturated carbocycles. The van der Waals surface area contributed by atoms with Crippen LogP contribution in [0.4, 0.5) is 5.13 Å². The standard InChI is InChI=1S/C16H18N2OS/c1-2-11-7-9-12(10-8-11)15(19)18-16-17-13-5-3-4-6-14(13)20-16/h7-10H,2-6H2,1H3,(H,17,18,19). The number of fused-ring (bicyclic) bond motifs is 1. The lowest BCUT2D eigenvalue weighted by Gasteiger charge is -2.06. The molecule has 1 aromatic heterocycles. The molecule has 0 spiro atoms. The second kappa shape index (κ2) is 5.75. The molecule has 0 unspecified atom stereocenters. The number of carbonyl (C=O) groups is 1. The molecular formula is C16H18N2OS. The van der Waals surface area contributed by atoms with E-state index in [1.165, 1.54) is 29.0 Å². The fraction of sp³-hybridized carbons (Fsp3) is 0.375. The summed E-state index contributed by atoms with van der Waals surface area (Å²) < 4.78 is 0. The number of carbonyl (C=O) groups excluding carboxylic acids is 1. The highest BCUT2D eigenvalue weighted by Crippen LogP contribution is 2.29. The lowest BCUT2D eigenvalue weighted by molar-refractivity contribution is 0.102. The first-order valence-electron chi connectivity index (χ1n) is 7.15. The minimum absolute atomic E-state index is 0.0706. The smallest absolute Gasteiger partial charge is 0.257 e. The van der Waals surface area contributed by atoms with Gasteiger partial charge in [0.2, 0.25) is 0 Å². The van der Waals surface area contributed by atoms with Gasteiger partial charge in [0.1, 0.15) is 0 Å². The van der Waals surface area contributed by atoms with Crippen LogP contribution in [-0.2, 0) is 19.3 Å². The highest BCUT2D eigenvalue weighted by Gasteiger charge is 2.16. The molecule has 3 rings (SSSR count). The summed E-state index contributed by atoms with van der Waals surface area (Å²) in [6.07, 6.45) is 5.59. The number of aryl methyl sites for hydroxylation is 3. The van der Waals surface area contributed by atoms with Gasteiger partial charge in [0, 0.05) is 10.4 Å². The zero-order chi connectivity index (χ0) is 13.9. The van der Waals surface area contributed by atoms with E-state index in [0.717, 1.165) is 24.4 Å². The Hall–Kier alpha value is -1.68. The first-order chi connectivity index (χ1) is 9.76. The van der Waals surface area contributed by atoms with Crippen LogP contribution in [0.3, 0.4) is 0 Å². The Morgan fingerprint density at radius 2 is 2.00 bits per heavy atom. The van der Waals surface area contributed by atoms with Gasteiger partial charge in [-0.2, -0.15) is 0 Å². The molecule has 3 nitrogen and oxygen atoms in total. The minimum Gasteiger partial charge on any atom is -0.298 e. The molecule has 0 saturated heterocycles. The molecule has 0 fully saturated rings. The molecule has 2 aromatic rings. The number of nitrogens with zero attached hydrogens (tertiary/aromatic N) is 1. The van der Waals surface area contributed by atoms with Crippen LogP contribution in [0.25, 0.3) is 0 Å². The molecule has 1 amide bonds. The van der Waals surface area contributed by atoms with Gasteiger partial charge in [0.25, 0.3) is 5.91 Å². The van der Waals surface area contributed by atoms with Crippen LogP contribution in [-0.4, -0.2) is 10.9 Å². The average Bonchev–Trinajstić information content (AvgIpc) is 2.89. The molecule has 20 heavy (non-hydrogen) atoms. The van der Waals surface area contributed by atoms with Crippen LogP contribution in [0, 0.1) is 0 Å². The topological polar surface area (TPSA) is 42.0 Å².